The van der Waals surface area contributed by atoms with Gasteiger partial charge >= 0.3 is 0 Å². The fourth-order valence-corrected chi connectivity index (χ4v) is 4.53. The van der Waals surface area contributed by atoms with E-state index in [2.05, 4.69) is 21.2 Å². The number of halogens is 1. The number of carbonyl (C=O) groups excluding carboxylic acids is 1. The van der Waals surface area contributed by atoms with Crippen LogP contribution < -0.4 is 19.9 Å². The number of carbonyl (C=O) groups is 1. The Morgan fingerprint density at radius 3 is 2.37 bits per heavy atom. The number of pyridine rings is 1. The molecule has 0 aliphatic carbocycles. The Bertz CT molecular complexity index is 1380. The van der Waals surface area contributed by atoms with Gasteiger partial charge in [-0.05, 0) is 42.1 Å². The minimum Gasteiger partial charge on any atom is -0.495 e. The lowest BCUT2D eigenvalue weighted by atomic mass is 10.1. The van der Waals surface area contributed by atoms with Crippen LogP contribution in [0.4, 0.5) is 21.6 Å². The minimum absolute atomic E-state index is 0.315. The van der Waals surface area contributed by atoms with Crippen molar-refractivity contribution in [2.45, 2.75) is 6.92 Å². The van der Waals surface area contributed by atoms with Crippen LogP contribution in [0.25, 0.3) is 10.8 Å². The smallest absolute Gasteiger partial charge is 0.257 e. The van der Waals surface area contributed by atoms with Crippen molar-refractivity contribution in [3.05, 3.63) is 89.9 Å². The monoisotopic (exact) mass is 470 g/mol. The molecule has 7 heteroatoms. The third kappa shape index (κ3) is 4.49. The molecule has 4 aromatic rings. The maximum atomic E-state index is 13.9. The van der Waals surface area contributed by atoms with Crippen LogP contribution in [-0.4, -0.2) is 44.2 Å². The summed E-state index contributed by atoms with van der Waals surface area (Å²) < 4.78 is 19.5. The predicted octanol–water partition coefficient (Wildman–Crippen LogP) is 5.27. The molecule has 2 heterocycles. The van der Waals surface area contributed by atoms with E-state index in [9.17, 15) is 9.18 Å². The normalized spacial score (nSPS) is 13.7. The molecule has 178 valence electrons. The summed E-state index contributed by atoms with van der Waals surface area (Å²) in [5.74, 6) is 1.06. The van der Waals surface area contributed by atoms with E-state index in [1.807, 2.05) is 42.5 Å². The number of piperazine rings is 1. The van der Waals surface area contributed by atoms with Crippen LogP contribution in [0.15, 0.2) is 72.9 Å². The molecule has 1 amide bonds. The molecule has 0 bridgehead atoms. The highest BCUT2D eigenvalue weighted by Crippen LogP contribution is 2.32. The average molecular weight is 471 g/mol. The van der Waals surface area contributed by atoms with Gasteiger partial charge in [0, 0.05) is 43.4 Å². The first kappa shape index (κ1) is 22.7. The van der Waals surface area contributed by atoms with Crippen LogP contribution in [0.5, 0.6) is 5.75 Å². The zero-order valence-electron chi connectivity index (χ0n) is 19.8. The van der Waals surface area contributed by atoms with Gasteiger partial charge in [0.05, 0.1) is 18.4 Å². The van der Waals surface area contributed by atoms with Crippen molar-refractivity contribution in [2.24, 2.45) is 0 Å². The molecule has 0 radical (unpaired) electrons. The molecule has 35 heavy (non-hydrogen) atoms. The average Bonchev–Trinajstić information content (AvgIpc) is 2.90. The highest BCUT2D eigenvalue weighted by atomic mass is 19.1. The van der Waals surface area contributed by atoms with Gasteiger partial charge in [0.1, 0.15) is 17.4 Å². The van der Waals surface area contributed by atoms with E-state index in [0.717, 1.165) is 54.2 Å². The van der Waals surface area contributed by atoms with Gasteiger partial charge in [0.25, 0.3) is 5.91 Å². The zero-order valence-corrected chi connectivity index (χ0v) is 19.8. The Kier molecular flexibility index (Phi) is 6.23. The number of methoxy groups -OCH3 is 1. The Morgan fingerprint density at radius 1 is 0.943 bits per heavy atom. The van der Waals surface area contributed by atoms with Crippen molar-refractivity contribution < 1.29 is 13.9 Å². The number of benzene rings is 3. The van der Waals surface area contributed by atoms with Gasteiger partial charge in [-0.2, -0.15) is 0 Å². The van der Waals surface area contributed by atoms with Crippen molar-refractivity contribution in [1.82, 2.24) is 4.98 Å². The third-order valence-corrected chi connectivity index (χ3v) is 6.45. The molecule has 0 atom stereocenters. The summed E-state index contributed by atoms with van der Waals surface area (Å²) in [6.07, 6.45) is 1.62. The molecule has 6 nitrogen and oxygen atoms in total. The maximum absolute atomic E-state index is 13.9. The summed E-state index contributed by atoms with van der Waals surface area (Å²) >= 11 is 0. The first-order chi connectivity index (χ1) is 17.0. The number of ether oxygens (including phenoxy) is 1. The number of nitrogens with zero attached hydrogens (tertiary/aromatic N) is 3. The number of nitrogens with one attached hydrogen (secondary N) is 1. The fraction of sp³-hybridized carbons (Fsp3) is 0.214. The van der Waals surface area contributed by atoms with E-state index in [4.69, 9.17) is 9.72 Å². The van der Waals surface area contributed by atoms with Gasteiger partial charge in [0.2, 0.25) is 0 Å². The fourth-order valence-electron chi connectivity index (χ4n) is 4.53. The van der Waals surface area contributed by atoms with Crippen molar-refractivity contribution >= 4 is 33.9 Å². The molecule has 0 saturated carbocycles. The molecule has 1 N–H and O–H groups in total. The van der Waals surface area contributed by atoms with E-state index in [1.165, 1.54) is 6.07 Å². The van der Waals surface area contributed by atoms with Crippen molar-refractivity contribution in [2.75, 3.05) is 48.4 Å². The number of fused-ring (bicyclic) bond motifs is 1. The summed E-state index contributed by atoms with van der Waals surface area (Å²) in [6, 6.07) is 20.5. The maximum Gasteiger partial charge on any atom is 0.257 e. The topological polar surface area (TPSA) is 57.7 Å². The van der Waals surface area contributed by atoms with Crippen LogP contribution in [0, 0.1) is 12.7 Å². The molecule has 1 aromatic heterocycles. The SMILES string of the molecule is COc1ccccc1N1CCN(c2ncc(C(=O)Nc3ccc(C)c(F)c3)c3ccccc23)CC1. The second-order valence-corrected chi connectivity index (χ2v) is 8.61. The largest absolute Gasteiger partial charge is 0.495 e. The molecule has 5 rings (SSSR count). The van der Waals surface area contributed by atoms with E-state index in [0.29, 0.717) is 16.8 Å². The predicted molar refractivity (Wildman–Crippen MR) is 138 cm³/mol. The molecule has 0 unspecified atom stereocenters. The van der Waals surface area contributed by atoms with E-state index in [1.54, 1.807) is 32.4 Å². The summed E-state index contributed by atoms with van der Waals surface area (Å²) in [5.41, 5.74) is 2.49. The molecular formula is C28H27FN4O2. The second-order valence-electron chi connectivity index (χ2n) is 8.61. The van der Waals surface area contributed by atoms with Crippen molar-refractivity contribution in [1.29, 1.82) is 0 Å². The van der Waals surface area contributed by atoms with Crippen LogP contribution in [0.3, 0.4) is 0 Å². The van der Waals surface area contributed by atoms with Crippen LogP contribution in [0.1, 0.15) is 15.9 Å². The molecule has 1 aliphatic heterocycles. The Labute approximate surface area is 204 Å². The summed E-state index contributed by atoms with van der Waals surface area (Å²) in [5, 5.41) is 4.53. The second kappa shape index (κ2) is 9.62. The number of aromatic nitrogens is 1. The molecular weight excluding hydrogens is 443 g/mol. The molecule has 0 spiro atoms. The number of amides is 1. The van der Waals surface area contributed by atoms with Crippen LogP contribution in [-0.2, 0) is 0 Å². The van der Waals surface area contributed by atoms with Crippen molar-refractivity contribution in [3.63, 3.8) is 0 Å². The minimum atomic E-state index is -0.353. The number of hydrogen-bond acceptors (Lipinski definition) is 5. The Morgan fingerprint density at radius 2 is 1.63 bits per heavy atom. The van der Waals surface area contributed by atoms with Gasteiger partial charge in [-0.1, -0.05) is 42.5 Å². The van der Waals surface area contributed by atoms with Gasteiger partial charge in [-0.3, -0.25) is 4.79 Å². The van der Waals surface area contributed by atoms with Gasteiger partial charge < -0.3 is 19.9 Å². The van der Waals surface area contributed by atoms with E-state index in [-0.39, 0.29) is 11.7 Å². The third-order valence-electron chi connectivity index (χ3n) is 6.45. The van der Waals surface area contributed by atoms with Gasteiger partial charge in [-0.25, -0.2) is 9.37 Å². The molecule has 1 saturated heterocycles. The molecule has 1 fully saturated rings. The Balaban J connectivity index is 1.38. The first-order valence-electron chi connectivity index (χ1n) is 11.6. The quantitative estimate of drug-likeness (QED) is 0.431. The van der Waals surface area contributed by atoms with Crippen molar-refractivity contribution in [3.8, 4) is 5.75 Å². The first-order valence-corrected chi connectivity index (χ1v) is 11.6. The molecule has 3 aromatic carbocycles. The zero-order chi connectivity index (χ0) is 24.4. The number of rotatable bonds is 5. The number of para-hydroxylation sites is 2. The summed E-state index contributed by atoms with van der Waals surface area (Å²) in [6.45, 7) is 4.94. The molecule has 1 aliphatic rings. The van der Waals surface area contributed by atoms with E-state index >= 15 is 0 Å². The lowest BCUT2D eigenvalue weighted by Gasteiger charge is -2.37. The number of aryl methyl sites for hydroxylation is 1. The summed E-state index contributed by atoms with van der Waals surface area (Å²) in [7, 11) is 1.69. The van der Waals surface area contributed by atoms with E-state index < -0.39 is 0 Å². The lowest BCUT2D eigenvalue weighted by Crippen LogP contribution is -2.47. The number of anilines is 3. The van der Waals surface area contributed by atoms with Gasteiger partial charge in [0.15, 0.2) is 0 Å². The standard InChI is InChI=1S/C28H27FN4O2/c1-19-11-12-20(17-24(19)29)31-28(34)23-18-30-27(22-8-4-3-7-21(22)23)33-15-13-32(14-16-33)25-9-5-6-10-26(25)35-2/h3-12,17-18H,13-16H2,1-2H3,(H,31,34). The summed E-state index contributed by atoms with van der Waals surface area (Å²) in [4.78, 5) is 22.3. The Hall–Kier alpha value is -4.13. The highest BCUT2D eigenvalue weighted by molar-refractivity contribution is 6.14. The van der Waals surface area contributed by atoms with Crippen LogP contribution in [0.2, 0.25) is 0 Å². The van der Waals surface area contributed by atoms with Gasteiger partial charge in [-0.15, -0.1) is 0 Å². The number of hydrogen-bond donors (Lipinski definition) is 1. The lowest BCUT2D eigenvalue weighted by molar-refractivity contribution is 0.102. The van der Waals surface area contributed by atoms with Crippen LogP contribution >= 0.6 is 0 Å². The highest BCUT2D eigenvalue weighted by Gasteiger charge is 2.23.